The van der Waals surface area contributed by atoms with Crippen LogP contribution in [-0.2, 0) is 32.2 Å². The lowest BCUT2D eigenvalue weighted by molar-refractivity contribution is -0.147. The van der Waals surface area contributed by atoms with Crippen molar-refractivity contribution in [2.45, 2.75) is 52.0 Å². The largest absolute Gasteiger partial charge is 0.454 e. The van der Waals surface area contributed by atoms with E-state index >= 15 is 0 Å². The van der Waals surface area contributed by atoms with Gasteiger partial charge in [0.1, 0.15) is 22.8 Å². The molecule has 0 fully saturated rings. The number of ether oxygens (including phenoxy) is 2. The summed E-state index contributed by atoms with van der Waals surface area (Å²) in [6.45, 7) is 3.48. The average Bonchev–Trinajstić information content (AvgIpc) is 3.34. The number of aromatic nitrogens is 4. The van der Waals surface area contributed by atoms with E-state index in [1.54, 1.807) is 9.13 Å². The summed E-state index contributed by atoms with van der Waals surface area (Å²) in [6.07, 6.45) is -0.138. The summed E-state index contributed by atoms with van der Waals surface area (Å²) in [5, 5.41) is 0. The van der Waals surface area contributed by atoms with E-state index in [-0.39, 0.29) is 28.6 Å². The number of carbonyl (C=O) groups is 4. The highest BCUT2D eigenvalue weighted by atomic mass is 16.5. The van der Waals surface area contributed by atoms with Gasteiger partial charge in [-0.25, -0.2) is 9.97 Å². The number of hydrogen-bond acceptors (Lipinski definition) is 8. The van der Waals surface area contributed by atoms with Crippen LogP contribution in [0.4, 0.5) is 0 Å². The molecule has 2 atom stereocenters. The molecule has 0 amide bonds. The third kappa shape index (κ3) is 2.14. The molecule has 0 bridgehead atoms. The lowest BCUT2D eigenvalue weighted by Gasteiger charge is -2.13. The van der Waals surface area contributed by atoms with Crippen molar-refractivity contribution < 1.29 is 28.7 Å². The third-order valence-corrected chi connectivity index (χ3v) is 5.28. The summed E-state index contributed by atoms with van der Waals surface area (Å²) in [7, 11) is 0. The second kappa shape index (κ2) is 5.60. The number of rotatable bonds is 2. The number of esters is 2. The molecular weight excluding hydrogens is 368 g/mol. The van der Waals surface area contributed by atoms with Gasteiger partial charge in [-0.15, -0.1) is 0 Å². The van der Waals surface area contributed by atoms with Gasteiger partial charge in [-0.05, 0) is 0 Å². The lowest BCUT2D eigenvalue weighted by Crippen LogP contribution is -2.25. The van der Waals surface area contributed by atoms with Crippen LogP contribution in [0, 0.1) is 0 Å². The maximum atomic E-state index is 13.3. The van der Waals surface area contributed by atoms with Gasteiger partial charge < -0.3 is 18.6 Å². The standard InChI is InChI=1S/C18H16N4O6/c1-7(23)27-9-3-5-21-13-11(19-17(9)21)15(25)12-14(16(13)26)22-6-4-10(18(22)20-12)28-8(2)24/h9-10H,3-6H2,1-2H3/t9-,10-/m1/s1. The minimum Gasteiger partial charge on any atom is -0.454 e. The Kier molecular flexibility index (Phi) is 3.37. The highest BCUT2D eigenvalue weighted by molar-refractivity contribution is 6.26. The monoisotopic (exact) mass is 384 g/mol. The lowest BCUT2D eigenvalue weighted by atomic mass is 9.98. The molecule has 2 aliphatic heterocycles. The number of imidazole rings is 2. The van der Waals surface area contributed by atoms with Gasteiger partial charge in [0.15, 0.2) is 23.9 Å². The van der Waals surface area contributed by atoms with Crippen LogP contribution < -0.4 is 0 Å². The maximum Gasteiger partial charge on any atom is 0.303 e. The number of fused-ring (bicyclic) bond motifs is 6. The predicted molar refractivity (Wildman–Crippen MR) is 89.6 cm³/mol. The van der Waals surface area contributed by atoms with Crippen LogP contribution in [-0.4, -0.2) is 42.6 Å². The van der Waals surface area contributed by atoms with E-state index in [0.29, 0.717) is 37.6 Å². The predicted octanol–water partition coefficient (Wildman–Crippen LogP) is 0.871. The second-order valence-corrected chi connectivity index (χ2v) is 7.07. The molecule has 0 N–H and O–H groups in total. The molecule has 5 rings (SSSR count). The van der Waals surface area contributed by atoms with E-state index < -0.39 is 29.9 Å². The van der Waals surface area contributed by atoms with E-state index in [1.807, 2.05) is 0 Å². The Bertz CT molecular complexity index is 1010. The first-order valence-corrected chi connectivity index (χ1v) is 9.01. The van der Waals surface area contributed by atoms with Gasteiger partial charge in [0, 0.05) is 39.8 Å². The first-order chi connectivity index (χ1) is 13.4. The van der Waals surface area contributed by atoms with Gasteiger partial charge in [-0.2, -0.15) is 0 Å². The van der Waals surface area contributed by atoms with Crippen molar-refractivity contribution in [3.63, 3.8) is 0 Å². The highest BCUT2D eigenvalue weighted by Gasteiger charge is 2.45. The third-order valence-electron chi connectivity index (χ3n) is 5.28. The van der Waals surface area contributed by atoms with E-state index in [2.05, 4.69) is 9.97 Å². The van der Waals surface area contributed by atoms with Crippen LogP contribution in [0.1, 0.15) is 82.9 Å². The topological polar surface area (TPSA) is 122 Å². The van der Waals surface area contributed by atoms with Gasteiger partial charge in [-0.1, -0.05) is 0 Å². The molecule has 0 unspecified atom stereocenters. The van der Waals surface area contributed by atoms with Crippen LogP contribution in [0.3, 0.4) is 0 Å². The molecule has 4 heterocycles. The minimum absolute atomic E-state index is 0.0326. The van der Waals surface area contributed by atoms with Crippen molar-refractivity contribution in [2.75, 3.05) is 0 Å². The molecule has 2 aromatic heterocycles. The first kappa shape index (κ1) is 16.8. The molecule has 2 aromatic rings. The molecule has 0 saturated carbocycles. The van der Waals surface area contributed by atoms with E-state index in [0.717, 1.165) is 0 Å². The van der Waals surface area contributed by atoms with Gasteiger partial charge in [0.25, 0.3) is 0 Å². The second-order valence-electron chi connectivity index (χ2n) is 7.07. The van der Waals surface area contributed by atoms with Gasteiger partial charge in [0.05, 0.1) is 0 Å². The number of hydrogen-bond donors (Lipinski definition) is 0. The molecule has 3 aliphatic rings. The number of nitrogens with zero attached hydrogens (tertiary/aromatic N) is 4. The van der Waals surface area contributed by atoms with Crippen molar-refractivity contribution in [3.8, 4) is 0 Å². The summed E-state index contributed by atoms with van der Waals surface area (Å²) in [5.41, 5.74) is 0.483. The Morgan fingerprint density at radius 1 is 0.821 bits per heavy atom. The Morgan fingerprint density at radius 2 is 1.25 bits per heavy atom. The van der Waals surface area contributed by atoms with Crippen LogP contribution in [0.25, 0.3) is 0 Å². The zero-order valence-electron chi connectivity index (χ0n) is 15.2. The van der Waals surface area contributed by atoms with Gasteiger partial charge in [-0.3, -0.25) is 19.2 Å². The van der Waals surface area contributed by atoms with Crippen molar-refractivity contribution in [1.82, 2.24) is 19.1 Å². The van der Waals surface area contributed by atoms with Crippen LogP contribution in [0.15, 0.2) is 0 Å². The molecule has 10 heteroatoms. The summed E-state index contributed by atoms with van der Waals surface area (Å²) >= 11 is 0. The van der Waals surface area contributed by atoms with Crippen molar-refractivity contribution in [2.24, 2.45) is 0 Å². The Hall–Kier alpha value is -3.30. The quantitative estimate of drug-likeness (QED) is 0.597. The van der Waals surface area contributed by atoms with Crippen molar-refractivity contribution in [1.29, 1.82) is 0 Å². The maximum absolute atomic E-state index is 13.3. The molecule has 0 aromatic carbocycles. The molecule has 10 nitrogen and oxygen atoms in total. The fourth-order valence-electron chi connectivity index (χ4n) is 4.26. The van der Waals surface area contributed by atoms with Crippen LogP contribution in [0.2, 0.25) is 0 Å². The summed E-state index contributed by atoms with van der Waals surface area (Å²) in [6, 6.07) is 0. The molecule has 0 spiro atoms. The fraction of sp³-hybridized carbons (Fsp3) is 0.444. The Balaban J connectivity index is 1.60. The van der Waals surface area contributed by atoms with Gasteiger partial charge in [0.2, 0.25) is 11.6 Å². The number of ketones is 2. The smallest absolute Gasteiger partial charge is 0.303 e. The van der Waals surface area contributed by atoms with Crippen LogP contribution >= 0.6 is 0 Å². The van der Waals surface area contributed by atoms with Crippen molar-refractivity contribution >= 4 is 23.5 Å². The molecule has 0 radical (unpaired) electrons. The average molecular weight is 384 g/mol. The highest BCUT2D eigenvalue weighted by Crippen LogP contribution is 2.39. The van der Waals surface area contributed by atoms with Gasteiger partial charge >= 0.3 is 11.9 Å². The summed E-state index contributed by atoms with van der Waals surface area (Å²) in [5.74, 6) is -0.857. The molecular formula is C18H16N4O6. The molecule has 0 saturated heterocycles. The summed E-state index contributed by atoms with van der Waals surface area (Å²) < 4.78 is 13.8. The van der Waals surface area contributed by atoms with Crippen LogP contribution in [0.5, 0.6) is 0 Å². The minimum atomic E-state index is -0.572. The molecule has 144 valence electrons. The first-order valence-electron chi connectivity index (χ1n) is 9.01. The number of carbonyl (C=O) groups excluding carboxylic acids is 4. The molecule has 28 heavy (non-hydrogen) atoms. The zero-order valence-corrected chi connectivity index (χ0v) is 15.2. The Labute approximate surface area is 158 Å². The fourth-order valence-corrected chi connectivity index (χ4v) is 4.26. The Morgan fingerprint density at radius 3 is 1.64 bits per heavy atom. The summed E-state index contributed by atoms with van der Waals surface area (Å²) in [4.78, 5) is 57.5. The van der Waals surface area contributed by atoms with E-state index in [4.69, 9.17) is 9.47 Å². The van der Waals surface area contributed by atoms with E-state index in [1.165, 1.54) is 13.8 Å². The van der Waals surface area contributed by atoms with E-state index in [9.17, 15) is 19.2 Å². The zero-order chi connectivity index (χ0) is 19.7. The SMILES string of the molecule is CC(=O)O[C@@H]1CCn2c1nc1c2C(=O)c2c(nc3n2CC[C@H]3OC(C)=O)C1=O. The van der Waals surface area contributed by atoms with Crippen molar-refractivity contribution in [3.05, 3.63) is 34.4 Å². The normalized spacial score (nSPS) is 21.8. The molecule has 1 aliphatic carbocycles.